The minimum absolute atomic E-state index is 0.152. The molecule has 7 nitrogen and oxygen atoms in total. The molecule has 0 unspecified atom stereocenters. The van der Waals surface area contributed by atoms with Gasteiger partial charge in [-0.25, -0.2) is 13.2 Å². The minimum atomic E-state index is -3.77. The van der Waals surface area contributed by atoms with Gasteiger partial charge in [-0.05, 0) is 67.8 Å². The lowest BCUT2D eigenvalue weighted by Crippen LogP contribution is -2.35. The van der Waals surface area contributed by atoms with Crippen molar-refractivity contribution in [3.63, 3.8) is 0 Å². The quantitative estimate of drug-likeness (QED) is 0.513. The van der Waals surface area contributed by atoms with Gasteiger partial charge in [-0.3, -0.25) is 4.79 Å². The van der Waals surface area contributed by atoms with Crippen LogP contribution in [0.4, 0.5) is 5.69 Å². The van der Waals surface area contributed by atoms with Gasteiger partial charge in [0.1, 0.15) is 0 Å². The lowest BCUT2D eigenvalue weighted by molar-refractivity contribution is -0.137. The van der Waals surface area contributed by atoms with Crippen LogP contribution in [0.15, 0.2) is 53.4 Å². The van der Waals surface area contributed by atoms with Crippen LogP contribution in [0, 0.1) is 13.8 Å². The molecule has 0 spiro atoms. The number of ether oxygens (including phenoxy) is 1. The molecule has 0 aliphatic carbocycles. The zero-order valence-corrected chi connectivity index (χ0v) is 18.3. The van der Waals surface area contributed by atoms with Crippen LogP contribution in [-0.4, -0.2) is 44.8 Å². The fraction of sp³-hybridized carbons (Fsp3) is 0.273. The predicted molar refractivity (Wildman–Crippen MR) is 116 cm³/mol. The first kappa shape index (κ1) is 23.3. The normalized spacial score (nSPS) is 11.6. The summed E-state index contributed by atoms with van der Waals surface area (Å²) in [5.74, 6) is -0.886. The van der Waals surface area contributed by atoms with Gasteiger partial charge in [0.25, 0.3) is 0 Å². The number of anilines is 1. The first-order valence-corrected chi connectivity index (χ1v) is 10.9. The summed E-state index contributed by atoms with van der Waals surface area (Å²) in [6.07, 6.45) is 2.93. The van der Waals surface area contributed by atoms with E-state index in [2.05, 4.69) is 5.32 Å². The van der Waals surface area contributed by atoms with Crippen LogP contribution in [0.5, 0.6) is 0 Å². The van der Waals surface area contributed by atoms with Crippen molar-refractivity contribution >= 4 is 33.7 Å². The van der Waals surface area contributed by atoms with Crippen molar-refractivity contribution in [1.82, 2.24) is 4.31 Å². The first-order chi connectivity index (χ1) is 14.1. The number of benzene rings is 2. The molecule has 2 aromatic carbocycles. The Labute approximate surface area is 177 Å². The predicted octanol–water partition coefficient (Wildman–Crippen LogP) is 3.14. The Morgan fingerprint density at radius 1 is 1.07 bits per heavy atom. The molecule has 0 heterocycles. The average Bonchev–Trinajstić information content (AvgIpc) is 2.69. The van der Waals surface area contributed by atoms with Crippen LogP contribution < -0.4 is 5.32 Å². The molecular weight excluding hydrogens is 404 g/mol. The van der Waals surface area contributed by atoms with Gasteiger partial charge in [0, 0.05) is 18.8 Å². The Balaban J connectivity index is 1.99. The van der Waals surface area contributed by atoms with Crippen molar-refractivity contribution < 1.29 is 22.7 Å². The van der Waals surface area contributed by atoms with Gasteiger partial charge in [-0.15, -0.1) is 0 Å². The van der Waals surface area contributed by atoms with E-state index in [9.17, 15) is 18.0 Å². The van der Waals surface area contributed by atoms with Crippen LogP contribution in [0.25, 0.3) is 6.08 Å². The molecule has 0 bridgehead atoms. The molecule has 30 heavy (non-hydrogen) atoms. The summed E-state index contributed by atoms with van der Waals surface area (Å²) in [4.78, 5) is 23.8. The van der Waals surface area contributed by atoms with Crippen molar-refractivity contribution in [1.29, 1.82) is 0 Å². The number of nitrogens with zero attached hydrogens (tertiary/aromatic N) is 1. The summed E-state index contributed by atoms with van der Waals surface area (Å²) in [5, 5.41) is 2.67. The molecule has 1 N–H and O–H groups in total. The summed E-state index contributed by atoms with van der Waals surface area (Å²) >= 11 is 0. The molecule has 0 fully saturated rings. The second-order valence-corrected chi connectivity index (χ2v) is 8.81. The summed E-state index contributed by atoms with van der Waals surface area (Å²) < 4.78 is 31.2. The van der Waals surface area contributed by atoms with Crippen LogP contribution in [0.1, 0.15) is 23.6 Å². The molecule has 0 aliphatic heterocycles. The Kier molecular flexibility index (Phi) is 7.91. The number of hydrogen-bond acceptors (Lipinski definition) is 5. The third-order valence-electron chi connectivity index (χ3n) is 4.45. The SMILES string of the molecule is CCOC(=O)/C=C/c1ccc(NC(=O)CN(C)S(=O)(=O)c2ccc(C)c(C)c2)cc1. The van der Waals surface area contributed by atoms with Crippen LogP contribution in [0.3, 0.4) is 0 Å². The summed E-state index contributed by atoms with van der Waals surface area (Å²) in [6.45, 7) is 5.46. The van der Waals surface area contributed by atoms with E-state index >= 15 is 0 Å². The van der Waals surface area contributed by atoms with Gasteiger partial charge < -0.3 is 10.1 Å². The van der Waals surface area contributed by atoms with Gasteiger partial charge in [0.2, 0.25) is 15.9 Å². The number of rotatable bonds is 8. The van der Waals surface area contributed by atoms with Gasteiger partial charge in [-0.2, -0.15) is 4.31 Å². The molecule has 0 aliphatic rings. The molecule has 160 valence electrons. The standard InChI is InChI=1S/C22H26N2O5S/c1-5-29-22(26)13-9-18-7-10-19(11-8-18)23-21(25)15-24(4)30(27,28)20-12-6-16(2)17(3)14-20/h6-14H,5,15H2,1-4H3,(H,23,25)/b13-9+. The molecule has 2 aromatic rings. The third-order valence-corrected chi connectivity index (χ3v) is 6.25. The Hall–Kier alpha value is -2.97. The highest BCUT2D eigenvalue weighted by atomic mass is 32.2. The fourth-order valence-electron chi connectivity index (χ4n) is 2.57. The Morgan fingerprint density at radius 3 is 2.33 bits per heavy atom. The highest BCUT2D eigenvalue weighted by Gasteiger charge is 2.23. The number of esters is 1. The van der Waals surface area contributed by atoms with Crippen molar-refractivity contribution in [3.8, 4) is 0 Å². The smallest absolute Gasteiger partial charge is 0.330 e. The number of nitrogens with one attached hydrogen (secondary N) is 1. The zero-order valence-electron chi connectivity index (χ0n) is 17.5. The maximum Gasteiger partial charge on any atom is 0.330 e. The summed E-state index contributed by atoms with van der Waals surface area (Å²) in [6, 6.07) is 11.7. The summed E-state index contributed by atoms with van der Waals surface area (Å²) in [5.41, 5.74) is 3.14. The molecule has 0 atom stereocenters. The van der Waals surface area contributed by atoms with Crippen molar-refractivity contribution in [3.05, 3.63) is 65.2 Å². The number of amides is 1. The Morgan fingerprint density at radius 2 is 1.73 bits per heavy atom. The van der Waals surface area contributed by atoms with Crippen LogP contribution in [-0.2, 0) is 24.3 Å². The third kappa shape index (κ3) is 6.27. The topological polar surface area (TPSA) is 92.8 Å². The molecule has 0 radical (unpaired) electrons. The van der Waals surface area contributed by atoms with E-state index < -0.39 is 21.9 Å². The maximum atomic E-state index is 12.7. The fourth-order valence-corrected chi connectivity index (χ4v) is 3.79. The number of carbonyl (C=O) groups is 2. The highest BCUT2D eigenvalue weighted by Crippen LogP contribution is 2.18. The lowest BCUT2D eigenvalue weighted by Gasteiger charge is -2.17. The van der Waals surface area contributed by atoms with E-state index in [-0.39, 0.29) is 11.4 Å². The van der Waals surface area contributed by atoms with E-state index in [0.29, 0.717) is 12.3 Å². The number of aryl methyl sites for hydroxylation is 2. The number of likely N-dealkylation sites (N-methyl/N-ethyl adjacent to an activating group) is 1. The lowest BCUT2D eigenvalue weighted by atomic mass is 10.1. The van der Waals surface area contributed by atoms with E-state index in [1.807, 2.05) is 13.8 Å². The molecule has 1 amide bonds. The largest absolute Gasteiger partial charge is 0.463 e. The van der Waals surface area contributed by atoms with Gasteiger partial charge in [0.15, 0.2) is 0 Å². The average molecular weight is 431 g/mol. The molecule has 0 saturated carbocycles. The van der Waals surface area contributed by atoms with Crippen molar-refractivity contribution in [2.45, 2.75) is 25.7 Å². The molecular formula is C22H26N2O5S. The van der Waals surface area contributed by atoms with Gasteiger partial charge in [0.05, 0.1) is 18.0 Å². The van der Waals surface area contributed by atoms with E-state index in [1.165, 1.54) is 19.2 Å². The van der Waals surface area contributed by atoms with Crippen LogP contribution >= 0.6 is 0 Å². The number of carbonyl (C=O) groups excluding carboxylic acids is 2. The summed E-state index contributed by atoms with van der Waals surface area (Å²) in [7, 11) is -2.40. The first-order valence-electron chi connectivity index (χ1n) is 9.42. The number of sulfonamides is 1. The van der Waals surface area contributed by atoms with Crippen molar-refractivity contribution in [2.24, 2.45) is 0 Å². The van der Waals surface area contributed by atoms with Crippen LogP contribution in [0.2, 0.25) is 0 Å². The second kappa shape index (κ2) is 10.2. The minimum Gasteiger partial charge on any atom is -0.463 e. The number of hydrogen-bond donors (Lipinski definition) is 1. The molecule has 0 aromatic heterocycles. The van der Waals surface area contributed by atoms with Gasteiger partial charge in [-0.1, -0.05) is 18.2 Å². The molecule has 8 heteroatoms. The van der Waals surface area contributed by atoms with Crippen molar-refractivity contribution in [2.75, 3.05) is 25.5 Å². The highest BCUT2D eigenvalue weighted by molar-refractivity contribution is 7.89. The van der Waals surface area contributed by atoms with E-state index in [4.69, 9.17) is 4.74 Å². The van der Waals surface area contributed by atoms with E-state index in [0.717, 1.165) is 21.0 Å². The molecule has 2 rings (SSSR count). The zero-order chi connectivity index (χ0) is 22.3. The maximum absolute atomic E-state index is 12.7. The monoisotopic (exact) mass is 430 g/mol. The second-order valence-electron chi connectivity index (χ2n) is 6.76. The van der Waals surface area contributed by atoms with E-state index in [1.54, 1.807) is 49.4 Å². The Bertz CT molecular complexity index is 1040. The molecule has 0 saturated heterocycles. The van der Waals surface area contributed by atoms with Gasteiger partial charge >= 0.3 is 5.97 Å².